The Bertz CT molecular complexity index is 2380. The van der Waals surface area contributed by atoms with Gasteiger partial charge in [-0.05, 0) is 205 Å². The summed E-state index contributed by atoms with van der Waals surface area (Å²) in [6.45, 7) is 11.4. The van der Waals surface area contributed by atoms with E-state index in [2.05, 4.69) is 161 Å². The molecule has 0 N–H and O–H groups in total. The Morgan fingerprint density at radius 2 is 0.708 bits per heavy atom. The van der Waals surface area contributed by atoms with E-state index in [9.17, 15) is 4.79 Å². The van der Waals surface area contributed by atoms with Gasteiger partial charge in [0.2, 0.25) is 0 Å². The summed E-state index contributed by atoms with van der Waals surface area (Å²) in [5.74, 6) is -1.04. The highest BCUT2D eigenvalue weighted by Crippen LogP contribution is 2.46. The molecule has 3 heterocycles. The summed E-state index contributed by atoms with van der Waals surface area (Å²) in [4.78, 5) is 23.0. The van der Waals surface area contributed by atoms with E-state index >= 15 is 0 Å². The molecule has 106 heavy (non-hydrogen) atoms. The monoisotopic (exact) mass is 1470 g/mol. The van der Waals surface area contributed by atoms with Gasteiger partial charge in [-0.2, -0.15) is 0 Å². The smallest absolute Gasteiger partial charge is 0.307 e. The topological polar surface area (TPSA) is 82.6 Å². The lowest BCUT2D eigenvalue weighted by molar-refractivity contribution is -0.197. The molecule has 0 bridgehead atoms. The molecule has 0 radical (unpaired) electrons. The van der Waals surface area contributed by atoms with Crippen molar-refractivity contribution in [3.8, 4) is 0 Å². The van der Waals surface area contributed by atoms with Crippen molar-refractivity contribution in [2.24, 2.45) is 0 Å². The van der Waals surface area contributed by atoms with E-state index in [1.54, 1.807) is 0 Å². The van der Waals surface area contributed by atoms with Gasteiger partial charge in [-0.3, -0.25) is 14.7 Å². The fourth-order valence-electron chi connectivity index (χ4n) is 16.4. The van der Waals surface area contributed by atoms with Crippen LogP contribution in [0.4, 0.5) is 0 Å². The quantitative estimate of drug-likeness (QED) is 0.0360. The molecule has 4 fully saturated rings. The maximum atomic E-state index is 13.5. The predicted molar refractivity (Wildman–Crippen MR) is 455 cm³/mol. The third kappa shape index (κ3) is 45.0. The summed E-state index contributed by atoms with van der Waals surface area (Å²) in [6, 6.07) is 4.89. The number of ether oxygens (including phenoxy) is 5. The molecule has 4 aliphatic rings. The first-order valence-corrected chi connectivity index (χ1v) is 45.6. The number of pyridine rings is 1. The van der Waals surface area contributed by atoms with Crippen molar-refractivity contribution in [2.45, 2.75) is 455 Å². The lowest BCUT2D eigenvalue weighted by Gasteiger charge is -2.32. The molecule has 2 aliphatic carbocycles. The number of likely N-dealkylation sites (N-methyl/N-ethyl adjacent to an activating group) is 1. The molecule has 2 aliphatic heterocycles. The minimum atomic E-state index is -0.501. The summed E-state index contributed by atoms with van der Waals surface area (Å²) < 4.78 is 34.5. The predicted octanol–water partition coefficient (Wildman–Crippen LogP) is 28.0. The van der Waals surface area contributed by atoms with E-state index in [4.69, 9.17) is 28.7 Å². The molecular weight excluding hydrogens is 1300 g/mol. The summed E-state index contributed by atoms with van der Waals surface area (Å²) in [5, 5.41) is 0. The molecule has 1 aromatic heterocycles. The molecule has 1 aromatic rings. The number of carbonyl (C=O) groups excluding carboxylic acids is 1. The van der Waals surface area contributed by atoms with Crippen LogP contribution in [0.3, 0.4) is 0 Å². The van der Waals surface area contributed by atoms with Crippen molar-refractivity contribution in [3.63, 3.8) is 0 Å². The number of allylic oxidation sites excluding steroid dienone is 16. The summed E-state index contributed by atoms with van der Waals surface area (Å²) in [5.41, 5.74) is 2.34. The van der Waals surface area contributed by atoms with Crippen LogP contribution in [0.15, 0.2) is 116 Å². The highest BCUT2D eigenvalue weighted by molar-refractivity contribution is 5.69. The first-order chi connectivity index (χ1) is 52.2. The van der Waals surface area contributed by atoms with Gasteiger partial charge in [0, 0.05) is 70.4 Å². The van der Waals surface area contributed by atoms with Crippen molar-refractivity contribution in [2.75, 3.05) is 27.2 Å². The number of carbonyl (C=O) groups is 1. The number of aromatic nitrogens is 1. The van der Waals surface area contributed by atoms with E-state index in [0.29, 0.717) is 25.6 Å². The van der Waals surface area contributed by atoms with Crippen LogP contribution >= 0.6 is 0 Å². The Morgan fingerprint density at radius 1 is 0.406 bits per heavy atom. The van der Waals surface area contributed by atoms with Gasteiger partial charge in [0.1, 0.15) is 6.10 Å². The Kier molecular flexibility index (Phi) is 55.1. The van der Waals surface area contributed by atoms with Gasteiger partial charge in [-0.25, -0.2) is 0 Å². The fourth-order valence-corrected chi connectivity index (χ4v) is 16.4. The van der Waals surface area contributed by atoms with Crippen molar-refractivity contribution >= 4 is 5.97 Å². The maximum Gasteiger partial charge on any atom is 0.307 e. The number of unbranched alkanes of at least 4 members (excludes halogenated alkanes) is 36. The van der Waals surface area contributed by atoms with E-state index in [0.717, 1.165) is 109 Å². The van der Waals surface area contributed by atoms with E-state index in [1.165, 1.54) is 275 Å². The number of esters is 1. The second-order valence-corrected chi connectivity index (χ2v) is 32.9. The van der Waals surface area contributed by atoms with Crippen molar-refractivity contribution in [3.05, 3.63) is 127 Å². The second kappa shape index (κ2) is 62.9. The molecule has 2 saturated heterocycles. The van der Waals surface area contributed by atoms with Crippen LogP contribution in [0, 0.1) is 0 Å². The first kappa shape index (κ1) is 92.9. The fraction of sp³-hybridized carbons (Fsp3) is 0.773. The second-order valence-electron chi connectivity index (χ2n) is 32.9. The molecule has 6 atom stereocenters. The zero-order valence-electron chi connectivity index (χ0n) is 69.9. The molecule has 2 saturated carbocycles. The van der Waals surface area contributed by atoms with Crippen molar-refractivity contribution in [1.29, 1.82) is 0 Å². The maximum absolute atomic E-state index is 13.5. The Hall–Kier alpha value is -3.70. The van der Waals surface area contributed by atoms with Crippen LogP contribution in [0.1, 0.15) is 405 Å². The van der Waals surface area contributed by atoms with Crippen LogP contribution in [-0.2, 0) is 41.4 Å². The third-order valence-electron chi connectivity index (χ3n) is 23.0. The number of hydrogen-bond donors (Lipinski definition) is 0. The van der Waals surface area contributed by atoms with Gasteiger partial charge >= 0.3 is 5.97 Å². The Balaban J connectivity index is 0.985. The third-order valence-corrected chi connectivity index (χ3v) is 23.0. The molecule has 0 aromatic carbocycles. The molecular formula is C97H165N3O6. The van der Waals surface area contributed by atoms with E-state index < -0.39 is 11.6 Å². The number of nitrogens with zero attached hydrogens (tertiary/aromatic N) is 3. The molecule has 9 heteroatoms. The summed E-state index contributed by atoms with van der Waals surface area (Å²) in [7, 11) is 4.39. The average molecular weight is 1470 g/mol. The van der Waals surface area contributed by atoms with Gasteiger partial charge in [0.15, 0.2) is 11.6 Å². The standard InChI is InChI=1S/C97H165N3O6/c1-7-11-15-19-23-27-31-35-39-43-47-51-55-59-63-67-74-96(75-68-64-60-56-52-48-44-40-36-32-28-24-20-16-12-8-2)103-91-82-89(83-92(91)104-96)100(6)80-72-87-71-78-98-88(81-87)86-99(5)79-73-95(101)102-90-84-93-94(85-90)106-97(105-93,76-69-65-61-57-53-49-45-41-37-33-29-25-21-17-13-9-3)77-70-66-62-58-54-50-46-42-38-34-30-26-22-18-14-10-4/h23-30,35-42,71,78,81,89-94H,7-22,31-34,43-70,72-77,79-80,82-86H2,1-6H3/b27-23-,28-24-,29-25-,30-26-,39-35-,40-36-,41-37-,42-38-/t89?,90?,91-,92+,93-,94+. The van der Waals surface area contributed by atoms with Crippen LogP contribution < -0.4 is 0 Å². The van der Waals surface area contributed by atoms with Crippen molar-refractivity contribution < 1.29 is 28.5 Å². The number of hydrogen-bond acceptors (Lipinski definition) is 9. The van der Waals surface area contributed by atoms with E-state index in [1.807, 2.05) is 6.20 Å². The minimum Gasteiger partial charge on any atom is -0.462 e. The van der Waals surface area contributed by atoms with Crippen LogP contribution in [0.5, 0.6) is 0 Å². The van der Waals surface area contributed by atoms with Crippen LogP contribution in [0.25, 0.3) is 0 Å². The first-order valence-electron chi connectivity index (χ1n) is 45.6. The average Bonchev–Trinajstić information content (AvgIpc) is 1.63. The van der Waals surface area contributed by atoms with Gasteiger partial charge < -0.3 is 28.6 Å². The van der Waals surface area contributed by atoms with Crippen LogP contribution in [-0.4, -0.2) is 96.1 Å². The summed E-state index contributed by atoms with van der Waals surface area (Å²) >= 11 is 0. The largest absolute Gasteiger partial charge is 0.462 e. The minimum absolute atomic E-state index is 0.00383. The molecule has 2 unspecified atom stereocenters. The highest BCUT2D eigenvalue weighted by atomic mass is 16.8. The zero-order valence-corrected chi connectivity index (χ0v) is 69.9. The SMILES string of the molecule is CCCCC/C=C\C/C=C\CCCCCCCCC1(CCCCCCCC/C=C\C/C=C\CCCCC)O[C@H]2CC(OC(=O)CCN(C)Cc3cc(CCN(C)C4C[C@@H]5OC(CCCCCCCC/C=C\C/C=C\CCCCC)(CCCCCCCC/C=C\C/C=C\CCCCC)O[C@@H]5C4)ccn3)C[C@H]2O1. The van der Waals surface area contributed by atoms with Gasteiger partial charge in [-0.15, -0.1) is 0 Å². The van der Waals surface area contributed by atoms with Gasteiger partial charge in [0.25, 0.3) is 0 Å². The highest BCUT2D eigenvalue weighted by Gasteiger charge is 2.53. The molecule has 0 spiro atoms. The number of rotatable bonds is 70. The van der Waals surface area contributed by atoms with Crippen LogP contribution in [0.2, 0.25) is 0 Å². The number of fused-ring (bicyclic) bond motifs is 2. The van der Waals surface area contributed by atoms with Gasteiger partial charge in [-0.1, -0.05) is 279 Å². The normalized spacial score (nSPS) is 20.2. The lowest BCUT2D eigenvalue weighted by atomic mass is 9.98. The van der Waals surface area contributed by atoms with E-state index in [-0.39, 0.29) is 36.5 Å². The Morgan fingerprint density at radius 3 is 1.04 bits per heavy atom. The van der Waals surface area contributed by atoms with Crippen molar-refractivity contribution in [1.82, 2.24) is 14.8 Å². The van der Waals surface area contributed by atoms with Gasteiger partial charge in [0.05, 0.1) is 36.5 Å². The molecule has 604 valence electrons. The Labute approximate surface area is 654 Å². The molecule has 9 nitrogen and oxygen atoms in total. The molecule has 5 rings (SSSR count). The molecule has 0 amide bonds. The zero-order chi connectivity index (χ0) is 75.2. The summed E-state index contributed by atoms with van der Waals surface area (Å²) in [6.07, 6.45) is 109. The lowest BCUT2D eigenvalue weighted by Crippen LogP contribution is -2.36.